The molecule has 1 fully saturated rings. The normalized spacial score (nSPS) is 13.6. The summed E-state index contributed by atoms with van der Waals surface area (Å²) >= 11 is 13.3. The summed E-state index contributed by atoms with van der Waals surface area (Å²) in [5.74, 6) is 0.295. The molecule has 1 aliphatic rings. The van der Waals surface area contributed by atoms with Gasteiger partial charge in [-0.25, -0.2) is 0 Å². The molecule has 3 aromatic rings. The van der Waals surface area contributed by atoms with E-state index < -0.39 is 0 Å². The number of carbonyl (C=O) groups excluding carboxylic acids is 1. The molecule has 1 aliphatic heterocycles. The van der Waals surface area contributed by atoms with Gasteiger partial charge in [0.05, 0.1) is 15.6 Å². The molecule has 0 saturated carbocycles. The van der Waals surface area contributed by atoms with Gasteiger partial charge in [-0.1, -0.05) is 83.9 Å². The third-order valence-corrected chi connectivity index (χ3v) is 6.39. The van der Waals surface area contributed by atoms with Crippen LogP contribution in [0.3, 0.4) is 0 Å². The van der Waals surface area contributed by atoms with E-state index in [4.69, 9.17) is 32.7 Å². The minimum atomic E-state index is -0.287. The van der Waals surface area contributed by atoms with Crippen molar-refractivity contribution in [3.8, 4) is 11.5 Å². The third-order valence-electron chi connectivity index (χ3n) is 5.74. The van der Waals surface area contributed by atoms with E-state index in [2.05, 4.69) is 10.2 Å². The van der Waals surface area contributed by atoms with Crippen LogP contribution in [-0.4, -0.2) is 37.0 Å². The zero-order chi connectivity index (χ0) is 23.8. The maximum atomic E-state index is 12.9. The molecule has 0 aromatic heterocycles. The van der Waals surface area contributed by atoms with Crippen molar-refractivity contribution < 1.29 is 14.3 Å². The van der Waals surface area contributed by atoms with Crippen LogP contribution in [0.2, 0.25) is 10.0 Å². The van der Waals surface area contributed by atoms with E-state index in [9.17, 15) is 4.79 Å². The summed E-state index contributed by atoms with van der Waals surface area (Å²) in [5.41, 5.74) is 2.21. The number of likely N-dealkylation sites (tertiary alicyclic amines) is 1. The molecular formula is C27H28Cl2N2O3. The minimum Gasteiger partial charge on any atom is -0.483 e. The largest absolute Gasteiger partial charge is 0.483 e. The van der Waals surface area contributed by atoms with E-state index in [1.165, 1.54) is 12.8 Å². The fourth-order valence-electron chi connectivity index (χ4n) is 3.90. The van der Waals surface area contributed by atoms with Crippen LogP contribution in [-0.2, 0) is 13.2 Å². The summed E-state index contributed by atoms with van der Waals surface area (Å²) in [5, 5.41) is 3.41. The lowest BCUT2D eigenvalue weighted by atomic mass is 10.1. The van der Waals surface area contributed by atoms with Gasteiger partial charge in [0.15, 0.2) is 11.5 Å². The fraction of sp³-hybridized carbons (Fsp3) is 0.296. The van der Waals surface area contributed by atoms with E-state index in [1.54, 1.807) is 6.07 Å². The van der Waals surface area contributed by atoms with Crippen LogP contribution in [0.25, 0.3) is 0 Å². The molecule has 1 heterocycles. The van der Waals surface area contributed by atoms with E-state index in [0.717, 1.165) is 30.8 Å². The minimum absolute atomic E-state index is 0.182. The zero-order valence-corrected chi connectivity index (χ0v) is 20.4. The Hall–Kier alpha value is -2.73. The summed E-state index contributed by atoms with van der Waals surface area (Å²) in [6.45, 7) is 4.06. The Morgan fingerprint density at radius 2 is 1.41 bits per heavy atom. The molecule has 1 amide bonds. The lowest BCUT2D eigenvalue weighted by Crippen LogP contribution is -2.33. The first kappa shape index (κ1) is 24.4. The molecule has 7 heteroatoms. The average Bonchev–Trinajstić information content (AvgIpc) is 3.38. The first-order valence-corrected chi connectivity index (χ1v) is 12.2. The van der Waals surface area contributed by atoms with Crippen molar-refractivity contribution in [1.82, 2.24) is 10.2 Å². The van der Waals surface area contributed by atoms with Gasteiger partial charge in [0, 0.05) is 13.1 Å². The Balaban J connectivity index is 1.54. The molecular weight excluding hydrogens is 471 g/mol. The molecule has 34 heavy (non-hydrogen) atoms. The average molecular weight is 499 g/mol. The van der Waals surface area contributed by atoms with Gasteiger partial charge in [-0.05, 0) is 43.1 Å². The summed E-state index contributed by atoms with van der Waals surface area (Å²) in [4.78, 5) is 15.3. The first-order valence-electron chi connectivity index (χ1n) is 11.5. The smallest absolute Gasteiger partial charge is 0.253 e. The quantitative estimate of drug-likeness (QED) is 0.373. The Bertz CT molecular complexity index is 1090. The number of amides is 1. The highest BCUT2D eigenvalue weighted by Crippen LogP contribution is 2.44. The number of hydrogen-bond acceptors (Lipinski definition) is 4. The van der Waals surface area contributed by atoms with E-state index in [1.807, 2.05) is 60.7 Å². The van der Waals surface area contributed by atoms with Gasteiger partial charge >= 0.3 is 0 Å². The molecule has 5 nitrogen and oxygen atoms in total. The monoisotopic (exact) mass is 498 g/mol. The van der Waals surface area contributed by atoms with Crippen molar-refractivity contribution in [2.24, 2.45) is 0 Å². The highest BCUT2D eigenvalue weighted by Gasteiger charge is 2.23. The zero-order valence-electron chi connectivity index (χ0n) is 18.9. The van der Waals surface area contributed by atoms with Gasteiger partial charge in [-0.3, -0.25) is 4.79 Å². The van der Waals surface area contributed by atoms with Crippen molar-refractivity contribution in [2.45, 2.75) is 26.1 Å². The van der Waals surface area contributed by atoms with Crippen LogP contribution in [0.1, 0.15) is 34.3 Å². The van der Waals surface area contributed by atoms with Crippen LogP contribution >= 0.6 is 23.2 Å². The molecule has 0 bridgehead atoms. The second-order valence-electron chi connectivity index (χ2n) is 8.23. The van der Waals surface area contributed by atoms with Gasteiger partial charge in [0.2, 0.25) is 0 Å². The SMILES string of the molecule is O=C(NCCN1CCCC1)c1cc(Cl)c(OCc2ccccc2)c(OCc2ccccc2)c1Cl. The van der Waals surface area contributed by atoms with Crippen LogP contribution in [0, 0.1) is 0 Å². The highest BCUT2D eigenvalue weighted by atomic mass is 35.5. The van der Waals surface area contributed by atoms with Gasteiger partial charge in [0.1, 0.15) is 13.2 Å². The Kier molecular flexibility index (Phi) is 8.69. The second kappa shape index (κ2) is 12.1. The number of ether oxygens (including phenoxy) is 2. The van der Waals surface area contributed by atoms with Crippen LogP contribution < -0.4 is 14.8 Å². The van der Waals surface area contributed by atoms with Crippen molar-refractivity contribution in [3.05, 3.63) is 93.5 Å². The summed E-state index contributed by atoms with van der Waals surface area (Å²) in [6, 6.07) is 21.0. The maximum absolute atomic E-state index is 12.9. The molecule has 0 aliphatic carbocycles. The summed E-state index contributed by atoms with van der Waals surface area (Å²) < 4.78 is 12.1. The molecule has 0 spiro atoms. The Morgan fingerprint density at radius 3 is 2.00 bits per heavy atom. The van der Waals surface area contributed by atoms with E-state index >= 15 is 0 Å². The van der Waals surface area contributed by atoms with Crippen molar-refractivity contribution >= 4 is 29.1 Å². The van der Waals surface area contributed by atoms with E-state index in [-0.39, 0.29) is 33.9 Å². The van der Waals surface area contributed by atoms with Gasteiger partial charge in [-0.15, -0.1) is 0 Å². The first-order chi connectivity index (χ1) is 16.6. The van der Waals surface area contributed by atoms with Crippen molar-refractivity contribution in [3.63, 3.8) is 0 Å². The molecule has 1 saturated heterocycles. The number of carbonyl (C=O) groups is 1. The van der Waals surface area contributed by atoms with Crippen molar-refractivity contribution in [1.29, 1.82) is 0 Å². The topological polar surface area (TPSA) is 50.8 Å². The number of halogens is 2. The molecule has 4 rings (SSSR count). The maximum Gasteiger partial charge on any atom is 0.253 e. The predicted octanol–water partition coefficient (Wildman–Crippen LogP) is 5.98. The van der Waals surface area contributed by atoms with Crippen LogP contribution in [0.15, 0.2) is 66.7 Å². The molecule has 0 unspecified atom stereocenters. The lowest BCUT2D eigenvalue weighted by Gasteiger charge is -2.19. The Morgan fingerprint density at radius 1 is 0.853 bits per heavy atom. The molecule has 0 radical (unpaired) electrons. The molecule has 1 N–H and O–H groups in total. The van der Waals surface area contributed by atoms with Crippen molar-refractivity contribution in [2.75, 3.05) is 26.2 Å². The van der Waals surface area contributed by atoms with Gasteiger partial charge in [0.25, 0.3) is 5.91 Å². The second-order valence-corrected chi connectivity index (χ2v) is 9.02. The summed E-state index contributed by atoms with van der Waals surface area (Å²) in [7, 11) is 0. The number of nitrogens with zero attached hydrogens (tertiary/aromatic N) is 1. The predicted molar refractivity (Wildman–Crippen MR) is 136 cm³/mol. The molecule has 3 aromatic carbocycles. The van der Waals surface area contributed by atoms with Gasteiger partial charge in [-0.2, -0.15) is 0 Å². The number of rotatable bonds is 10. The van der Waals surface area contributed by atoms with Gasteiger partial charge < -0.3 is 19.7 Å². The van der Waals surface area contributed by atoms with E-state index in [0.29, 0.717) is 18.9 Å². The van der Waals surface area contributed by atoms with Crippen LogP contribution in [0.4, 0.5) is 0 Å². The fourth-order valence-corrected chi connectivity index (χ4v) is 4.43. The third kappa shape index (κ3) is 6.44. The highest BCUT2D eigenvalue weighted by molar-refractivity contribution is 6.38. The van der Waals surface area contributed by atoms with Crippen LogP contribution in [0.5, 0.6) is 11.5 Å². The Labute approximate surface area is 210 Å². The number of nitrogens with one attached hydrogen (secondary N) is 1. The standard InChI is InChI=1S/C27H28Cl2N2O3/c28-23-17-22(27(32)30-13-16-31-14-7-8-15-31)24(29)26(34-19-21-11-5-2-6-12-21)25(23)33-18-20-9-3-1-4-10-20/h1-6,9-12,17H,7-8,13-16,18-19H2,(H,30,32). The number of hydrogen-bond donors (Lipinski definition) is 1. The lowest BCUT2D eigenvalue weighted by molar-refractivity contribution is 0.0949. The molecule has 0 atom stereocenters. The number of benzene rings is 3. The summed E-state index contributed by atoms with van der Waals surface area (Å²) in [6.07, 6.45) is 2.42. The molecule has 178 valence electrons.